The molecule has 0 aliphatic heterocycles. The van der Waals surface area contributed by atoms with Crippen molar-refractivity contribution in [3.63, 3.8) is 0 Å². The van der Waals surface area contributed by atoms with Crippen molar-refractivity contribution in [3.8, 4) is 0 Å². The molecule has 0 radical (unpaired) electrons. The first-order valence-corrected chi connectivity index (χ1v) is 8.51. The molecule has 24 heavy (non-hydrogen) atoms. The van der Waals surface area contributed by atoms with Crippen LogP contribution in [0.15, 0.2) is 72.1 Å². The van der Waals surface area contributed by atoms with Crippen molar-refractivity contribution in [1.29, 1.82) is 0 Å². The van der Waals surface area contributed by atoms with Crippen molar-refractivity contribution < 1.29 is 21.6 Å². The Hall–Kier alpha value is -2.12. The van der Waals surface area contributed by atoms with Crippen molar-refractivity contribution in [2.75, 3.05) is 6.54 Å². The van der Waals surface area contributed by atoms with Crippen molar-refractivity contribution in [2.24, 2.45) is 0 Å². The van der Waals surface area contributed by atoms with Crippen LogP contribution in [0, 0.1) is 0 Å². The van der Waals surface area contributed by atoms with Crippen LogP contribution in [0.2, 0.25) is 0 Å². The molecule has 2 rings (SSSR count). The summed E-state index contributed by atoms with van der Waals surface area (Å²) in [5.74, 6) is 0. The molecule has 0 saturated carbocycles. The van der Waals surface area contributed by atoms with E-state index in [2.05, 4.69) is 6.58 Å². The molecule has 0 atom stereocenters. The Labute approximate surface area is 139 Å². The Morgan fingerprint density at radius 1 is 1.04 bits per heavy atom. The summed E-state index contributed by atoms with van der Waals surface area (Å²) in [7, 11) is -4.08. The number of hydrogen-bond acceptors (Lipinski definition) is 2. The number of hydrogen-bond donors (Lipinski definition) is 0. The second kappa shape index (κ2) is 7.19. The quantitative estimate of drug-likeness (QED) is 0.732. The Kier molecular flexibility index (Phi) is 5.46. The van der Waals surface area contributed by atoms with Gasteiger partial charge in [-0.3, -0.25) is 0 Å². The molecule has 0 heterocycles. The first kappa shape index (κ1) is 18.2. The van der Waals surface area contributed by atoms with E-state index in [1.54, 1.807) is 30.3 Å². The maximum absolute atomic E-state index is 12.8. The van der Waals surface area contributed by atoms with Gasteiger partial charge in [-0.15, -0.1) is 6.58 Å². The Morgan fingerprint density at radius 2 is 1.71 bits per heavy atom. The molecule has 0 amide bonds. The average Bonchev–Trinajstić information content (AvgIpc) is 2.55. The number of nitrogens with zero attached hydrogens (tertiary/aromatic N) is 1. The van der Waals surface area contributed by atoms with E-state index in [1.807, 2.05) is 0 Å². The number of halogens is 3. The number of rotatable bonds is 6. The van der Waals surface area contributed by atoms with Gasteiger partial charge in [0.25, 0.3) is 0 Å². The molecule has 7 heteroatoms. The molecule has 128 valence electrons. The third-order valence-corrected chi connectivity index (χ3v) is 5.14. The summed E-state index contributed by atoms with van der Waals surface area (Å²) in [5, 5.41) is 0. The van der Waals surface area contributed by atoms with Gasteiger partial charge in [-0.05, 0) is 23.8 Å². The minimum Gasteiger partial charge on any atom is -0.207 e. The highest BCUT2D eigenvalue weighted by Gasteiger charge is 2.32. The maximum Gasteiger partial charge on any atom is 0.416 e. The smallest absolute Gasteiger partial charge is 0.207 e. The average molecular weight is 355 g/mol. The summed E-state index contributed by atoms with van der Waals surface area (Å²) in [5.41, 5.74) is -0.267. The van der Waals surface area contributed by atoms with Gasteiger partial charge < -0.3 is 0 Å². The molecule has 0 aromatic heterocycles. The highest BCUT2D eigenvalue weighted by atomic mass is 32.2. The Balaban J connectivity index is 2.40. The van der Waals surface area contributed by atoms with Crippen molar-refractivity contribution >= 4 is 10.0 Å². The monoisotopic (exact) mass is 355 g/mol. The summed E-state index contributed by atoms with van der Waals surface area (Å²) >= 11 is 0. The highest BCUT2D eigenvalue weighted by molar-refractivity contribution is 7.89. The SMILES string of the molecule is C=CCN(Cc1ccccc1)S(=O)(=O)c1cccc(C(F)(F)F)c1. The van der Waals surface area contributed by atoms with Crippen LogP contribution in [0.4, 0.5) is 13.2 Å². The summed E-state index contributed by atoms with van der Waals surface area (Å²) in [6.07, 6.45) is -3.21. The van der Waals surface area contributed by atoms with Gasteiger partial charge in [0.15, 0.2) is 0 Å². The zero-order valence-corrected chi connectivity index (χ0v) is 13.5. The minimum atomic E-state index is -4.60. The predicted octanol–water partition coefficient (Wildman–Crippen LogP) is 4.08. The molecule has 2 aromatic rings. The number of sulfonamides is 1. The van der Waals surface area contributed by atoms with Gasteiger partial charge in [0.2, 0.25) is 10.0 Å². The van der Waals surface area contributed by atoms with Crippen LogP contribution >= 0.6 is 0 Å². The van der Waals surface area contributed by atoms with Gasteiger partial charge >= 0.3 is 6.18 Å². The van der Waals surface area contributed by atoms with Gasteiger partial charge in [-0.1, -0.05) is 42.5 Å². The topological polar surface area (TPSA) is 37.4 Å². The van der Waals surface area contributed by atoms with Crippen LogP contribution in [0.25, 0.3) is 0 Å². The first-order chi connectivity index (χ1) is 11.2. The van der Waals surface area contributed by atoms with E-state index in [0.717, 1.165) is 28.1 Å². The standard InChI is InChI=1S/C17H16F3NO2S/c1-2-11-21(13-14-7-4-3-5-8-14)24(22,23)16-10-6-9-15(12-16)17(18,19)20/h2-10,12H,1,11,13H2. The molecule has 0 aliphatic carbocycles. The molecule has 0 bridgehead atoms. The largest absolute Gasteiger partial charge is 0.416 e. The van der Waals surface area contributed by atoms with Gasteiger partial charge in [0.05, 0.1) is 10.5 Å². The first-order valence-electron chi connectivity index (χ1n) is 7.07. The van der Waals surface area contributed by atoms with E-state index in [9.17, 15) is 21.6 Å². The molecule has 0 aliphatic rings. The predicted molar refractivity (Wildman–Crippen MR) is 85.7 cm³/mol. The normalized spacial score (nSPS) is 12.3. The second-order valence-corrected chi connectivity index (χ2v) is 7.04. The molecule has 0 fully saturated rings. The highest BCUT2D eigenvalue weighted by Crippen LogP contribution is 2.31. The molecule has 0 saturated heterocycles. The molecule has 3 nitrogen and oxygen atoms in total. The summed E-state index contributed by atoms with van der Waals surface area (Å²) in [6.45, 7) is 3.56. The van der Waals surface area contributed by atoms with E-state index in [4.69, 9.17) is 0 Å². The lowest BCUT2D eigenvalue weighted by Crippen LogP contribution is -2.31. The van der Waals surface area contributed by atoms with Crippen molar-refractivity contribution in [2.45, 2.75) is 17.6 Å². The number of benzene rings is 2. The van der Waals surface area contributed by atoms with E-state index in [1.165, 1.54) is 6.08 Å². The zero-order valence-electron chi connectivity index (χ0n) is 12.7. The minimum absolute atomic E-state index is 0.00648. The lowest BCUT2D eigenvalue weighted by Gasteiger charge is -2.21. The molecule has 0 N–H and O–H groups in total. The van der Waals surface area contributed by atoms with Gasteiger partial charge in [-0.25, -0.2) is 8.42 Å². The van der Waals surface area contributed by atoms with Crippen molar-refractivity contribution in [3.05, 3.63) is 78.4 Å². The Morgan fingerprint density at radius 3 is 2.29 bits per heavy atom. The number of alkyl halides is 3. The molecule has 0 unspecified atom stereocenters. The van der Waals surface area contributed by atoms with E-state index >= 15 is 0 Å². The van der Waals surface area contributed by atoms with Crippen LogP contribution in [0.5, 0.6) is 0 Å². The fourth-order valence-corrected chi connectivity index (χ4v) is 3.61. The molecular weight excluding hydrogens is 339 g/mol. The van der Waals surface area contributed by atoms with E-state index in [-0.39, 0.29) is 13.1 Å². The van der Waals surface area contributed by atoms with Gasteiger partial charge in [0.1, 0.15) is 0 Å². The van der Waals surface area contributed by atoms with E-state index < -0.39 is 26.7 Å². The van der Waals surface area contributed by atoms with Crippen LogP contribution in [-0.4, -0.2) is 19.3 Å². The van der Waals surface area contributed by atoms with Crippen LogP contribution in [-0.2, 0) is 22.7 Å². The maximum atomic E-state index is 12.8. The second-order valence-electron chi connectivity index (χ2n) is 5.10. The lowest BCUT2D eigenvalue weighted by atomic mass is 10.2. The zero-order chi connectivity index (χ0) is 17.8. The fraction of sp³-hybridized carbons (Fsp3) is 0.176. The van der Waals surface area contributed by atoms with Gasteiger partial charge in [0, 0.05) is 13.1 Å². The Bertz CT molecular complexity index is 802. The fourth-order valence-electron chi connectivity index (χ4n) is 2.16. The summed E-state index contributed by atoms with van der Waals surface area (Å²) in [6, 6.07) is 12.6. The molecular formula is C17H16F3NO2S. The molecule has 2 aromatic carbocycles. The summed E-state index contributed by atoms with van der Waals surface area (Å²) in [4.78, 5) is -0.393. The van der Waals surface area contributed by atoms with Crippen LogP contribution in [0.3, 0.4) is 0 Å². The lowest BCUT2D eigenvalue weighted by molar-refractivity contribution is -0.137. The third-order valence-electron chi connectivity index (χ3n) is 3.33. The van der Waals surface area contributed by atoms with Crippen LogP contribution in [0.1, 0.15) is 11.1 Å². The van der Waals surface area contributed by atoms with Gasteiger partial charge in [-0.2, -0.15) is 17.5 Å². The summed E-state index contributed by atoms with van der Waals surface area (Å²) < 4.78 is 65.0. The molecule has 0 spiro atoms. The third kappa shape index (κ3) is 4.24. The van der Waals surface area contributed by atoms with E-state index in [0.29, 0.717) is 6.07 Å². The van der Waals surface area contributed by atoms with Crippen LogP contribution < -0.4 is 0 Å². The van der Waals surface area contributed by atoms with Crippen molar-refractivity contribution in [1.82, 2.24) is 4.31 Å².